The van der Waals surface area contributed by atoms with E-state index in [9.17, 15) is 4.79 Å². The van der Waals surface area contributed by atoms with Crippen LogP contribution in [0.1, 0.15) is 34.1 Å². The van der Waals surface area contributed by atoms with Crippen molar-refractivity contribution in [3.05, 3.63) is 89.1 Å². The van der Waals surface area contributed by atoms with E-state index in [0.29, 0.717) is 12.4 Å². The molecule has 0 spiro atoms. The second kappa shape index (κ2) is 8.81. The van der Waals surface area contributed by atoms with E-state index in [-0.39, 0.29) is 5.69 Å². The largest absolute Gasteiger partial charge is 0.461 e. The molecule has 0 unspecified atom stereocenters. The topological polar surface area (TPSA) is 51.2 Å². The van der Waals surface area contributed by atoms with Gasteiger partial charge in [0.15, 0.2) is 5.69 Å². The Morgan fingerprint density at radius 3 is 2.44 bits per heavy atom. The highest BCUT2D eigenvalue weighted by Crippen LogP contribution is 2.22. The van der Waals surface area contributed by atoms with Crippen molar-refractivity contribution < 1.29 is 9.53 Å². The molecule has 4 heteroatoms. The summed E-state index contributed by atoms with van der Waals surface area (Å²) in [5.74, 6) is 0.180. The molecule has 1 N–H and O–H groups in total. The standard InChI is InChI=1S/C23H22N2O2/c1-3-27-23(26)21-16-13-19(12-11-18-7-5-4-6-8-18)22(25-21)24-20-14-9-17(2)10-15-20/h4-16H,3H2,1-2H3,(H,24,25)/b12-11+. The first-order valence-electron chi connectivity index (χ1n) is 8.90. The predicted molar refractivity (Wildman–Crippen MR) is 110 cm³/mol. The maximum absolute atomic E-state index is 12.1. The van der Waals surface area contributed by atoms with Crippen molar-refractivity contribution in [1.82, 2.24) is 4.98 Å². The second-order valence-electron chi connectivity index (χ2n) is 6.09. The number of aromatic nitrogens is 1. The Morgan fingerprint density at radius 2 is 1.74 bits per heavy atom. The lowest BCUT2D eigenvalue weighted by Crippen LogP contribution is -2.09. The van der Waals surface area contributed by atoms with Gasteiger partial charge in [-0.3, -0.25) is 0 Å². The monoisotopic (exact) mass is 358 g/mol. The minimum Gasteiger partial charge on any atom is -0.461 e. The van der Waals surface area contributed by atoms with E-state index < -0.39 is 5.97 Å². The number of rotatable bonds is 6. The molecule has 0 fully saturated rings. The fourth-order valence-corrected chi connectivity index (χ4v) is 2.55. The molecule has 3 rings (SSSR count). The average Bonchev–Trinajstić information content (AvgIpc) is 2.69. The number of aryl methyl sites for hydroxylation is 1. The number of hydrogen-bond donors (Lipinski definition) is 1. The van der Waals surface area contributed by atoms with Gasteiger partial charge in [-0.2, -0.15) is 0 Å². The normalized spacial score (nSPS) is 10.7. The Balaban J connectivity index is 1.94. The minimum atomic E-state index is -0.428. The number of nitrogens with one attached hydrogen (secondary N) is 1. The smallest absolute Gasteiger partial charge is 0.356 e. The van der Waals surface area contributed by atoms with Crippen LogP contribution in [0.25, 0.3) is 12.2 Å². The maximum atomic E-state index is 12.1. The molecule has 0 radical (unpaired) electrons. The molecular weight excluding hydrogens is 336 g/mol. The van der Waals surface area contributed by atoms with Crippen molar-refractivity contribution in [2.45, 2.75) is 13.8 Å². The third-order valence-electron chi connectivity index (χ3n) is 3.98. The summed E-state index contributed by atoms with van der Waals surface area (Å²) in [5, 5.41) is 3.30. The summed E-state index contributed by atoms with van der Waals surface area (Å²) in [5.41, 5.74) is 4.34. The van der Waals surface area contributed by atoms with E-state index in [1.165, 1.54) is 5.56 Å². The van der Waals surface area contributed by atoms with Crippen molar-refractivity contribution in [2.24, 2.45) is 0 Å². The lowest BCUT2D eigenvalue weighted by Gasteiger charge is -2.11. The van der Waals surface area contributed by atoms with E-state index in [1.807, 2.05) is 79.7 Å². The van der Waals surface area contributed by atoms with Crippen LogP contribution in [0.5, 0.6) is 0 Å². The lowest BCUT2D eigenvalue weighted by molar-refractivity contribution is 0.0519. The fraction of sp³-hybridized carbons (Fsp3) is 0.130. The van der Waals surface area contributed by atoms with Crippen molar-refractivity contribution in [3.63, 3.8) is 0 Å². The van der Waals surface area contributed by atoms with Gasteiger partial charge in [-0.1, -0.05) is 60.2 Å². The quantitative estimate of drug-likeness (QED) is 0.593. The van der Waals surface area contributed by atoms with Crippen LogP contribution in [0.4, 0.5) is 11.5 Å². The Morgan fingerprint density at radius 1 is 1.00 bits per heavy atom. The molecule has 0 aliphatic heterocycles. The zero-order chi connectivity index (χ0) is 19.1. The van der Waals surface area contributed by atoms with E-state index >= 15 is 0 Å². The van der Waals surface area contributed by atoms with Crippen molar-refractivity contribution in [2.75, 3.05) is 11.9 Å². The molecule has 0 amide bonds. The summed E-state index contributed by atoms with van der Waals surface area (Å²) in [4.78, 5) is 16.5. The van der Waals surface area contributed by atoms with Gasteiger partial charge in [-0.25, -0.2) is 9.78 Å². The molecule has 0 bridgehead atoms. The molecule has 27 heavy (non-hydrogen) atoms. The number of carbonyl (C=O) groups is 1. The molecule has 1 heterocycles. The Bertz CT molecular complexity index is 932. The predicted octanol–water partition coefficient (Wildman–Crippen LogP) is 5.48. The zero-order valence-electron chi connectivity index (χ0n) is 15.5. The first-order chi connectivity index (χ1) is 13.2. The van der Waals surface area contributed by atoms with E-state index in [4.69, 9.17) is 4.74 Å². The van der Waals surface area contributed by atoms with Crippen LogP contribution in [-0.4, -0.2) is 17.6 Å². The third kappa shape index (κ3) is 5.05. The van der Waals surface area contributed by atoms with Crippen LogP contribution >= 0.6 is 0 Å². The molecule has 0 aliphatic carbocycles. The number of nitrogens with zero attached hydrogens (tertiary/aromatic N) is 1. The van der Waals surface area contributed by atoms with Crippen molar-refractivity contribution in [3.8, 4) is 0 Å². The first kappa shape index (κ1) is 18.4. The van der Waals surface area contributed by atoms with Crippen LogP contribution < -0.4 is 5.32 Å². The highest BCUT2D eigenvalue weighted by Gasteiger charge is 2.12. The van der Waals surface area contributed by atoms with Crippen LogP contribution in [-0.2, 0) is 4.74 Å². The molecule has 0 saturated heterocycles. The molecule has 136 valence electrons. The zero-order valence-corrected chi connectivity index (χ0v) is 15.5. The summed E-state index contributed by atoms with van der Waals surface area (Å²) in [7, 11) is 0. The molecular formula is C23H22N2O2. The van der Waals surface area contributed by atoms with Gasteiger partial charge in [0.25, 0.3) is 0 Å². The van der Waals surface area contributed by atoms with Gasteiger partial charge in [0.2, 0.25) is 0 Å². The van der Waals surface area contributed by atoms with Crippen LogP contribution in [0, 0.1) is 6.92 Å². The minimum absolute atomic E-state index is 0.281. The summed E-state index contributed by atoms with van der Waals surface area (Å²) in [6.07, 6.45) is 4.00. The van der Waals surface area contributed by atoms with E-state index in [0.717, 1.165) is 16.8 Å². The van der Waals surface area contributed by atoms with Gasteiger partial charge >= 0.3 is 5.97 Å². The van der Waals surface area contributed by atoms with Gasteiger partial charge in [-0.05, 0) is 43.7 Å². The summed E-state index contributed by atoms with van der Waals surface area (Å²) < 4.78 is 5.07. The average molecular weight is 358 g/mol. The number of hydrogen-bond acceptors (Lipinski definition) is 4. The van der Waals surface area contributed by atoms with Gasteiger partial charge in [0.1, 0.15) is 5.82 Å². The molecule has 0 saturated carbocycles. The van der Waals surface area contributed by atoms with Crippen molar-refractivity contribution in [1.29, 1.82) is 0 Å². The van der Waals surface area contributed by atoms with Gasteiger partial charge in [-0.15, -0.1) is 0 Å². The SMILES string of the molecule is CCOC(=O)c1ccc(/C=C/c2ccccc2)c(Nc2ccc(C)cc2)n1. The van der Waals surface area contributed by atoms with Gasteiger partial charge < -0.3 is 10.1 Å². The molecule has 2 aromatic carbocycles. The van der Waals surface area contributed by atoms with Crippen molar-refractivity contribution >= 4 is 29.6 Å². The number of carbonyl (C=O) groups excluding carboxylic acids is 1. The molecule has 3 aromatic rings. The highest BCUT2D eigenvalue weighted by molar-refractivity contribution is 5.89. The van der Waals surface area contributed by atoms with Crippen LogP contribution in [0.15, 0.2) is 66.7 Å². The molecule has 1 aromatic heterocycles. The summed E-state index contributed by atoms with van der Waals surface area (Å²) in [6.45, 7) is 4.13. The molecule has 4 nitrogen and oxygen atoms in total. The molecule has 0 atom stereocenters. The van der Waals surface area contributed by atoms with Crippen LogP contribution in [0.3, 0.4) is 0 Å². The van der Waals surface area contributed by atoms with Crippen LogP contribution in [0.2, 0.25) is 0 Å². The Labute approximate surface area is 159 Å². The fourth-order valence-electron chi connectivity index (χ4n) is 2.55. The number of pyridine rings is 1. The Kier molecular flexibility index (Phi) is 6.00. The number of benzene rings is 2. The number of esters is 1. The summed E-state index contributed by atoms with van der Waals surface area (Å²) in [6, 6.07) is 21.6. The van der Waals surface area contributed by atoms with E-state index in [2.05, 4.69) is 10.3 Å². The third-order valence-corrected chi connectivity index (χ3v) is 3.98. The van der Waals surface area contributed by atoms with Gasteiger partial charge in [0, 0.05) is 11.3 Å². The van der Waals surface area contributed by atoms with Gasteiger partial charge in [0.05, 0.1) is 6.61 Å². The molecule has 0 aliphatic rings. The summed E-state index contributed by atoms with van der Waals surface area (Å²) >= 11 is 0. The first-order valence-corrected chi connectivity index (χ1v) is 8.90. The Hall–Kier alpha value is -3.40. The lowest BCUT2D eigenvalue weighted by atomic mass is 10.1. The number of ether oxygens (including phenoxy) is 1. The second-order valence-corrected chi connectivity index (χ2v) is 6.09. The highest BCUT2D eigenvalue weighted by atomic mass is 16.5. The maximum Gasteiger partial charge on any atom is 0.356 e. The van der Waals surface area contributed by atoms with E-state index in [1.54, 1.807) is 13.0 Å². The number of anilines is 2.